The lowest BCUT2D eigenvalue weighted by atomic mass is 9.99. The van der Waals surface area contributed by atoms with Crippen LogP contribution < -0.4 is 22.3 Å². The van der Waals surface area contributed by atoms with Crippen molar-refractivity contribution in [1.82, 2.24) is 5.32 Å². The maximum absolute atomic E-state index is 12.4. The Morgan fingerprint density at radius 3 is 1.97 bits per heavy atom. The molecule has 1 heterocycles. The third-order valence-corrected chi connectivity index (χ3v) is 6.65. The van der Waals surface area contributed by atoms with Gasteiger partial charge in [-0.3, -0.25) is 0 Å². The van der Waals surface area contributed by atoms with Gasteiger partial charge in [0.25, 0.3) is 0 Å². The van der Waals surface area contributed by atoms with Crippen LogP contribution in [0.15, 0.2) is 48.5 Å². The molecule has 0 aromatic heterocycles. The predicted octanol–water partition coefficient (Wildman–Crippen LogP) is 2.17. The maximum Gasteiger partial charge on any atom is 0.408 e. The van der Waals surface area contributed by atoms with Crippen molar-refractivity contribution in [1.29, 1.82) is 0 Å². The maximum atomic E-state index is 12.4. The summed E-state index contributed by atoms with van der Waals surface area (Å²) in [7, 11) is 0. The molecule has 1 fully saturated rings. The number of aromatic hydroxyl groups is 2. The minimum atomic E-state index is -0.514. The number of hydrogen-bond donors (Lipinski definition) is 3. The Hall–Kier alpha value is -2.25. The van der Waals surface area contributed by atoms with Gasteiger partial charge in [0.15, 0.2) is 0 Å². The van der Waals surface area contributed by atoms with Gasteiger partial charge in [-0.25, -0.2) is 4.79 Å². The number of likely N-dealkylation sites (tertiary alicyclic amines) is 1. The first kappa shape index (κ1) is 29.0. The van der Waals surface area contributed by atoms with E-state index in [1.165, 1.54) is 0 Å². The zero-order valence-corrected chi connectivity index (χ0v) is 22.9. The van der Waals surface area contributed by atoms with Crippen LogP contribution >= 0.6 is 0 Å². The number of ether oxygens (including phenoxy) is 1. The van der Waals surface area contributed by atoms with Crippen molar-refractivity contribution in [3.63, 3.8) is 0 Å². The van der Waals surface area contributed by atoms with Gasteiger partial charge in [0.05, 0.1) is 32.2 Å². The first-order valence-corrected chi connectivity index (χ1v) is 12.5. The zero-order chi connectivity index (χ0) is 24.6. The second-order valence-corrected chi connectivity index (χ2v) is 10.6. The topological polar surface area (TPSA) is 78.8 Å². The summed E-state index contributed by atoms with van der Waals surface area (Å²) in [6.45, 7) is 9.57. The number of nitrogens with zero attached hydrogens (tertiary/aromatic N) is 1. The summed E-state index contributed by atoms with van der Waals surface area (Å²) in [6, 6.07) is 15.2. The number of quaternary nitrogens is 1. The summed E-state index contributed by atoms with van der Waals surface area (Å²) in [5, 5.41) is 23.4. The van der Waals surface area contributed by atoms with Crippen molar-refractivity contribution >= 4 is 6.09 Å². The number of phenols is 2. The van der Waals surface area contributed by atoms with E-state index < -0.39 is 5.60 Å². The van der Waals surface area contributed by atoms with E-state index in [2.05, 4.69) is 5.32 Å². The van der Waals surface area contributed by atoms with Gasteiger partial charge in [0, 0.05) is 12.8 Å². The fourth-order valence-electron chi connectivity index (χ4n) is 5.09. The van der Waals surface area contributed by atoms with Crippen molar-refractivity contribution in [3.8, 4) is 11.5 Å². The number of nitrogens with one attached hydrogen (secondary N) is 1. The van der Waals surface area contributed by atoms with Crippen LogP contribution in [0.1, 0.15) is 57.6 Å². The van der Waals surface area contributed by atoms with Crippen molar-refractivity contribution in [2.45, 2.75) is 70.9 Å². The molecule has 35 heavy (non-hydrogen) atoms. The van der Waals surface area contributed by atoms with Gasteiger partial charge in [-0.2, -0.15) is 0 Å². The van der Waals surface area contributed by atoms with Gasteiger partial charge in [-0.05, 0) is 69.7 Å². The molecule has 0 bridgehead atoms. The molecule has 1 aliphatic heterocycles. The van der Waals surface area contributed by atoms with Crippen LogP contribution in [0.2, 0.25) is 0 Å². The lowest BCUT2D eigenvalue weighted by molar-refractivity contribution is -0.933. The zero-order valence-electron chi connectivity index (χ0n) is 21.3. The van der Waals surface area contributed by atoms with Gasteiger partial charge in [0.1, 0.15) is 17.1 Å². The van der Waals surface area contributed by atoms with Crippen LogP contribution in [-0.2, 0) is 17.6 Å². The number of piperidine rings is 1. The molecule has 6 nitrogen and oxygen atoms in total. The van der Waals surface area contributed by atoms with E-state index in [1.807, 2.05) is 57.2 Å². The van der Waals surface area contributed by atoms with E-state index >= 15 is 0 Å². The van der Waals surface area contributed by atoms with Gasteiger partial charge in [-0.1, -0.05) is 36.4 Å². The highest BCUT2D eigenvalue weighted by Gasteiger charge is 2.35. The molecule has 194 valence electrons. The number of benzene rings is 2. The number of amides is 1. The summed E-state index contributed by atoms with van der Waals surface area (Å²) < 4.78 is 6.43. The summed E-state index contributed by atoms with van der Waals surface area (Å²) in [5.41, 5.74) is 1.45. The van der Waals surface area contributed by atoms with Gasteiger partial charge in [0.2, 0.25) is 0 Å². The van der Waals surface area contributed by atoms with Crippen LogP contribution in [0.25, 0.3) is 0 Å². The predicted molar refractivity (Wildman–Crippen MR) is 135 cm³/mol. The van der Waals surface area contributed by atoms with Crippen molar-refractivity contribution in [3.05, 3.63) is 59.7 Å². The molecule has 0 unspecified atom stereocenters. The van der Waals surface area contributed by atoms with E-state index in [1.54, 1.807) is 12.1 Å². The SMILES string of the molecule is CC(C)(C)OC(=O)N[C@H]1CCC[N+](CCCc2ccccc2O)(CCCc2ccccc2O)C1.[Br-]. The van der Waals surface area contributed by atoms with Crippen LogP contribution in [0.3, 0.4) is 0 Å². The van der Waals surface area contributed by atoms with Crippen LogP contribution in [0.4, 0.5) is 4.79 Å². The third kappa shape index (κ3) is 9.37. The molecule has 1 amide bonds. The quantitative estimate of drug-likeness (QED) is 0.419. The number of rotatable bonds is 9. The highest BCUT2D eigenvalue weighted by Crippen LogP contribution is 2.25. The van der Waals surface area contributed by atoms with E-state index in [4.69, 9.17) is 4.74 Å². The number of carbonyl (C=O) groups is 1. The van der Waals surface area contributed by atoms with Crippen LogP contribution in [0.5, 0.6) is 11.5 Å². The van der Waals surface area contributed by atoms with Crippen LogP contribution in [0, 0.1) is 0 Å². The van der Waals surface area contributed by atoms with Gasteiger partial charge in [-0.15, -0.1) is 0 Å². The molecule has 0 spiro atoms. The van der Waals surface area contributed by atoms with Gasteiger partial charge < -0.3 is 41.7 Å². The minimum absolute atomic E-state index is 0. The fourth-order valence-corrected chi connectivity index (χ4v) is 5.09. The molecule has 3 rings (SSSR count). The highest BCUT2D eigenvalue weighted by molar-refractivity contribution is 5.68. The number of hydrogen-bond acceptors (Lipinski definition) is 4. The molecule has 7 heteroatoms. The largest absolute Gasteiger partial charge is 1.00 e. The Morgan fingerprint density at radius 1 is 0.971 bits per heavy atom. The third-order valence-electron chi connectivity index (χ3n) is 6.65. The fraction of sp³-hybridized carbons (Fsp3) is 0.536. The summed E-state index contributed by atoms with van der Waals surface area (Å²) >= 11 is 0. The molecule has 0 saturated carbocycles. The van der Waals surface area contributed by atoms with Crippen molar-refractivity contribution in [2.24, 2.45) is 0 Å². The van der Waals surface area contributed by atoms with Crippen molar-refractivity contribution < 1.29 is 41.2 Å². The van der Waals surface area contributed by atoms with E-state index in [-0.39, 0.29) is 29.1 Å². The number of para-hydroxylation sites is 2. The summed E-state index contributed by atoms with van der Waals surface area (Å²) in [4.78, 5) is 12.4. The monoisotopic (exact) mass is 548 g/mol. The molecule has 2 aromatic rings. The second kappa shape index (κ2) is 13.2. The first-order chi connectivity index (χ1) is 16.2. The lowest BCUT2D eigenvalue weighted by Gasteiger charge is -2.45. The highest BCUT2D eigenvalue weighted by atomic mass is 79.9. The Bertz CT molecular complexity index is 893. The summed E-state index contributed by atoms with van der Waals surface area (Å²) in [5.74, 6) is 0.716. The molecular weight excluding hydrogens is 508 g/mol. The summed E-state index contributed by atoms with van der Waals surface area (Å²) in [6.07, 6.45) is 5.25. The van der Waals surface area contributed by atoms with E-state index in [0.29, 0.717) is 11.5 Å². The smallest absolute Gasteiger partial charge is 0.408 e. The molecule has 2 aromatic carbocycles. The van der Waals surface area contributed by atoms with E-state index in [0.717, 1.165) is 80.3 Å². The molecule has 1 saturated heterocycles. The van der Waals surface area contributed by atoms with Gasteiger partial charge >= 0.3 is 6.09 Å². The standard InChI is InChI=1S/C28H40N2O4.BrH/c1-28(2,3)34-27(33)29-24-15-10-20-30(21-24,18-8-13-22-11-4-6-16-25(22)31)19-9-14-23-12-5-7-17-26(23)32;/h4-7,11-12,16-17,24H,8-10,13-15,18-21H2,1-3H3,(H2-,29,31,32,33);1H/t24-;/m0./s1. The molecule has 3 N–H and O–H groups in total. The molecular formula is C28H41BrN2O4. The van der Waals surface area contributed by atoms with Crippen molar-refractivity contribution in [2.75, 3.05) is 26.2 Å². The number of alkyl carbamates (subject to hydrolysis) is 1. The average Bonchev–Trinajstić information content (AvgIpc) is 2.75. The Balaban J connectivity index is 0.00000432. The molecule has 1 aliphatic rings. The Labute approximate surface area is 220 Å². The Morgan fingerprint density at radius 2 is 1.49 bits per heavy atom. The normalized spacial score (nSPS) is 17.3. The van der Waals surface area contributed by atoms with Crippen LogP contribution in [-0.4, -0.2) is 58.6 Å². The number of halogens is 1. The second-order valence-electron chi connectivity index (χ2n) is 10.6. The average molecular weight is 550 g/mol. The number of carbonyl (C=O) groups excluding carboxylic acids is 1. The number of phenolic OH excluding ortho intramolecular Hbond substituents is 2. The number of aryl methyl sites for hydroxylation is 2. The lowest BCUT2D eigenvalue weighted by Crippen LogP contribution is -3.00. The molecule has 1 atom stereocenters. The molecule has 0 radical (unpaired) electrons. The molecule has 0 aliphatic carbocycles. The first-order valence-electron chi connectivity index (χ1n) is 12.5. The minimum Gasteiger partial charge on any atom is -1.00 e. The Kier molecular flexibility index (Phi) is 10.9. The van der Waals surface area contributed by atoms with E-state index in [9.17, 15) is 15.0 Å².